The third-order valence-corrected chi connectivity index (χ3v) is 12.9. The van der Waals surface area contributed by atoms with Gasteiger partial charge in [-0.1, -0.05) is 0 Å². The van der Waals surface area contributed by atoms with Crippen LogP contribution < -0.4 is 25.6 Å². The number of methoxy groups -OCH3 is 1. The predicted molar refractivity (Wildman–Crippen MR) is 165 cm³/mol. The molecule has 198 valence electrons. The van der Waals surface area contributed by atoms with Crippen molar-refractivity contribution in [3.8, 4) is 5.75 Å². The molecule has 2 aromatic carbocycles. The van der Waals surface area contributed by atoms with E-state index in [1.54, 1.807) is 13.3 Å². The SMILES string of the molecule is COc1cc(N2CCC3(CN(C)C3)C2)ccc1Nc1ncc(Cl)c(Nc2ccccc2[PH](C)(C)OI)n1. The minimum absolute atomic E-state index is 0.426. The molecule has 0 amide bonds. The molecule has 2 saturated heterocycles. The topological polar surface area (TPSA) is 74.8 Å². The molecular weight excluding hydrogens is 622 g/mol. The summed E-state index contributed by atoms with van der Waals surface area (Å²) in [5, 5.41) is 8.26. The predicted octanol–water partition coefficient (Wildman–Crippen LogP) is 5.68. The quantitative estimate of drug-likeness (QED) is 0.237. The van der Waals surface area contributed by atoms with Crippen molar-refractivity contribution in [1.29, 1.82) is 0 Å². The maximum absolute atomic E-state index is 6.48. The molecule has 3 heterocycles. The summed E-state index contributed by atoms with van der Waals surface area (Å²) >= 11 is 8.47. The van der Waals surface area contributed by atoms with Crippen LogP contribution in [-0.4, -0.2) is 68.5 Å². The van der Waals surface area contributed by atoms with E-state index >= 15 is 0 Å². The summed E-state index contributed by atoms with van der Waals surface area (Å²) < 4.78 is 11.5. The van der Waals surface area contributed by atoms with Crippen molar-refractivity contribution < 1.29 is 7.59 Å². The van der Waals surface area contributed by atoms with E-state index in [9.17, 15) is 0 Å². The van der Waals surface area contributed by atoms with Gasteiger partial charge in [-0.15, -0.1) is 0 Å². The van der Waals surface area contributed by atoms with Gasteiger partial charge in [0.05, 0.1) is 0 Å². The number of likely N-dealkylation sites (tertiary alicyclic amines) is 1. The zero-order valence-electron chi connectivity index (χ0n) is 21.5. The zero-order chi connectivity index (χ0) is 26.2. The second kappa shape index (κ2) is 10.7. The van der Waals surface area contributed by atoms with Crippen LogP contribution in [0, 0.1) is 5.41 Å². The molecule has 1 aromatic heterocycles. The first-order chi connectivity index (χ1) is 17.7. The molecular formula is C26H33ClIN6O2P. The summed E-state index contributed by atoms with van der Waals surface area (Å²) in [5.41, 5.74) is 3.34. The average Bonchev–Trinajstić information content (AvgIpc) is 3.31. The second-order valence-electron chi connectivity index (χ2n) is 10.5. The van der Waals surface area contributed by atoms with Crippen molar-refractivity contribution in [1.82, 2.24) is 14.9 Å². The molecule has 11 heteroatoms. The number of benzene rings is 2. The molecule has 8 nitrogen and oxygen atoms in total. The number of para-hydroxylation sites is 1. The van der Waals surface area contributed by atoms with Gasteiger partial charge in [-0.05, 0) is 13.5 Å². The van der Waals surface area contributed by atoms with Crippen LogP contribution in [0.4, 0.5) is 28.8 Å². The molecule has 0 bridgehead atoms. The summed E-state index contributed by atoms with van der Waals surface area (Å²) in [6.07, 6.45) is 2.83. The van der Waals surface area contributed by atoms with Crippen LogP contribution in [0.1, 0.15) is 6.42 Å². The molecule has 5 rings (SSSR count). The van der Waals surface area contributed by atoms with E-state index in [2.05, 4.69) is 69.0 Å². The molecule has 2 aliphatic heterocycles. The first kappa shape index (κ1) is 26.7. The maximum atomic E-state index is 6.48. The fraction of sp³-hybridized carbons (Fsp3) is 0.385. The van der Waals surface area contributed by atoms with E-state index in [-0.39, 0.29) is 0 Å². The Bertz CT molecular complexity index is 1290. The normalized spacial score (nSPS) is 17.5. The number of halogens is 2. The van der Waals surface area contributed by atoms with Crippen LogP contribution in [0.25, 0.3) is 0 Å². The average molecular weight is 655 g/mol. The summed E-state index contributed by atoms with van der Waals surface area (Å²) in [4.78, 5) is 13.9. The number of rotatable bonds is 8. The van der Waals surface area contributed by atoms with Crippen LogP contribution in [0.5, 0.6) is 5.75 Å². The van der Waals surface area contributed by atoms with Crippen molar-refractivity contribution in [2.24, 2.45) is 5.41 Å². The van der Waals surface area contributed by atoms with Crippen molar-refractivity contribution in [2.75, 3.05) is 69.2 Å². The van der Waals surface area contributed by atoms with Gasteiger partial charge in [-0.25, -0.2) is 0 Å². The molecule has 2 N–H and O–H groups in total. The Morgan fingerprint density at radius 2 is 1.86 bits per heavy atom. The number of aromatic nitrogens is 2. The Morgan fingerprint density at radius 1 is 1.08 bits per heavy atom. The molecule has 0 aliphatic carbocycles. The van der Waals surface area contributed by atoms with Crippen molar-refractivity contribution in [2.45, 2.75) is 6.42 Å². The molecule has 3 aromatic rings. The van der Waals surface area contributed by atoms with E-state index in [0.29, 0.717) is 22.2 Å². The summed E-state index contributed by atoms with van der Waals surface area (Å²) in [5.74, 6) is 1.69. The van der Waals surface area contributed by atoms with Gasteiger partial charge >= 0.3 is 189 Å². The first-order valence-corrected chi connectivity index (χ1v) is 16.5. The number of hydrogen-bond acceptors (Lipinski definition) is 8. The molecule has 37 heavy (non-hydrogen) atoms. The van der Waals surface area contributed by atoms with Gasteiger partial charge in [0, 0.05) is 31.6 Å². The van der Waals surface area contributed by atoms with E-state index in [4.69, 9.17) is 19.2 Å². The third-order valence-electron chi connectivity index (χ3n) is 7.21. The third kappa shape index (κ3) is 5.61. The number of anilines is 5. The summed E-state index contributed by atoms with van der Waals surface area (Å²) in [6.45, 7) is 8.82. The molecule has 0 saturated carbocycles. The van der Waals surface area contributed by atoms with Crippen LogP contribution in [0.2, 0.25) is 5.02 Å². The van der Waals surface area contributed by atoms with E-state index in [1.165, 1.54) is 25.2 Å². The van der Waals surface area contributed by atoms with Gasteiger partial charge in [-0.3, -0.25) is 0 Å². The van der Waals surface area contributed by atoms with E-state index in [0.717, 1.165) is 35.5 Å². The molecule has 1 spiro atoms. The van der Waals surface area contributed by atoms with Crippen LogP contribution in [0.15, 0.2) is 48.7 Å². The Balaban J connectivity index is 1.35. The Morgan fingerprint density at radius 3 is 2.59 bits per heavy atom. The zero-order valence-corrected chi connectivity index (χ0v) is 25.4. The van der Waals surface area contributed by atoms with Gasteiger partial charge < -0.3 is 4.90 Å². The van der Waals surface area contributed by atoms with Gasteiger partial charge in [-0.2, -0.15) is 0 Å². The monoisotopic (exact) mass is 654 g/mol. The van der Waals surface area contributed by atoms with Crippen LogP contribution in [0.3, 0.4) is 0 Å². The van der Waals surface area contributed by atoms with Gasteiger partial charge in [0.15, 0.2) is 0 Å². The van der Waals surface area contributed by atoms with E-state index < -0.39 is 7.49 Å². The van der Waals surface area contributed by atoms with Gasteiger partial charge in [0.1, 0.15) is 0 Å². The van der Waals surface area contributed by atoms with Crippen LogP contribution in [-0.2, 0) is 2.85 Å². The Kier molecular flexibility index (Phi) is 7.71. The Hall–Kier alpha value is -1.91. The molecule has 2 fully saturated rings. The van der Waals surface area contributed by atoms with E-state index in [1.807, 2.05) is 47.3 Å². The van der Waals surface area contributed by atoms with Gasteiger partial charge in [0.2, 0.25) is 0 Å². The van der Waals surface area contributed by atoms with Crippen molar-refractivity contribution >= 4 is 76.2 Å². The standard InChI is InChI=1S/C26H33ClIN6O2P/c1-33-15-26(16-33)11-12-34(17-26)18-9-10-20(22(13-18)35-2)31-25-29-14-19(27)24(32-25)30-21-7-5-6-8-23(21)37(3,4)36-28/h5-10,13-14,37H,11-12,15-17H2,1-4H3,(H2,29,30,31,32). The fourth-order valence-electron chi connectivity index (χ4n) is 5.41. The number of nitrogens with zero attached hydrogens (tertiary/aromatic N) is 4. The minimum atomic E-state index is -2.09. The molecule has 0 unspecified atom stereocenters. The summed E-state index contributed by atoms with van der Waals surface area (Å²) in [6, 6.07) is 14.3. The number of ether oxygens (including phenoxy) is 1. The molecule has 0 atom stereocenters. The van der Waals surface area contributed by atoms with Crippen molar-refractivity contribution in [3.05, 3.63) is 53.7 Å². The Labute approximate surface area is 238 Å². The van der Waals surface area contributed by atoms with Gasteiger partial charge in [0.25, 0.3) is 0 Å². The number of hydrogen-bond donors (Lipinski definition) is 2. The second-order valence-corrected chi connectivity index (χ2v) is 15.9. The number of nitrogens with one attached hydrogen (secondary N) is 2. The van der Waals surface area contributed by atoms with Crippen LogP contribution >= 0.6 is 42.1 Å². The van der Waals surface area contributed by atoms with Crippen molar-refractivity contribution in [3.63, 3.8) is 0 Å². The fourth-order valence-corrected chi connectivity index (χ4v) is 7.64. The molecule has 2 aliphatic rings. The summed E-state index contributed by atoms with van der Waals surface area (Å²) in [7, 11) is 1.79. The molecule has 0 radical (unpaired) electrons. The first-order valence-electron chi connectivity index (χ1n) is 12.3.